The van der Waals surface area contributed by atoms with Gasteiger partial charge in [-0.1, -0.05) is 51.7 Å². The van der Waals surface area contributed by atoms with E-state index in [0.29, 0.717) is 24.3 Å². The fourth-order valence-electron chi connectivity index (χ4n) is 3.76. The number of thioether (sulfide) groups is 1. The predicted molar refractivity (Wildman–Crippen MR) is 125 cm³/mol. The molecular formula is C24H40O6S. The molecule has 0 aromatic heterocycles. The van der Waals surface area contributed by atoms with E-state index >= 15 is 0 Å². The largest absolute Gasteiger partial charge is 0.469 e. The molecule has 0 heterocycles. The van der Waals surface area contributed by atoms with Crippen LogP contribution < -0.4 is 0 Å². The Morgan fingerprint density at radius 2 is 1.94 bits per heavy atom. The highest BCUT2D eigenvalue weighted by atomic mass is 32.2. The molecule has 0 saturated heterocycles. The van der Waals surface area contributed by atoms with E-state index in [0.717, 1.165) is 49.2 Å². The van der Waals surface area contributed by atoms with E-state index in [1.165, 1.54) is 14.2 Å². The van der Waals surface area contributed by atoms with Gasteiger partial charge in [0.05, 0.1) is 26.4 Å². The summed E-state index contributed by atoms with van der Waals surface area (Å²) in [4.78, 5) is 24.2. The van der Waals surface area contributed by atoms with Gasteiger partial charge in [0.1, 0.15) is 0 Å². The molecule has 31 heavy (non-hydrogen) atoms. The molecule has 0 aromatic rings. The summed E-state index contributed by atoms with van der Waals surface area (Å²) in [5, 5.41) is 21.0. The SMILES string of the molecule is CCCC[C@@H](C)C[C@H](O)/C=C/[C@@H]1C(SCCCCCC(=O)OC)=C(C(=O)OC)C[C@H]1O. The van der Waals surface area contributed by atoms with Crippen molar-refractivity contribution in [2.75, 3.05) is 20.0 Å². The lowest BCUT2D eigenvalue weighted by Crippen LogP contribution is -2.15. The summed E-state index contributed by atoms with van der Waals surface area (Å²) in [6.45, 7) is 4.31. The average molecular weight is 457 g/mol. The van der Waals surface area contributed by atoms with E-state index in [1.54, 1.807) is 17.8 Å². The number of carbonyl (C=O) groups is 2. The van der Waals surface area contributed by atoms with Gasteiger partial charge in [-0.25, -0.2) is 4.79 Å². The maximum atomic E-state index is 12.2. The lowest BCUT2D eigenvalue weighted by molar-refractivity contribution is -0.140. The molecule has 1 rings (SSSR count). The van der Waals surface area contributed by atoms with Crippen LogP contribution in [-0.4, -0.2) is 54.3 Å². The summed E-state index contributed by atoms with van der Waals surface area (Å²) in [6, 6.07) is 0. The van der Waals surface area contributed by atoms with Crippen LogP contribution in [-0.2, 0) is 19.1 Å². The van der Waals surface area contributed by atoms with Crippen LogP contribution >= 0.6 is 11.8 Å². The molecule has 0 spiro atoms. The molecule has 0 aromatic carbocycles. The van der Waals surface area contributed by atoms with E-state index in [9.17, 15) is 19.8 Å². The van der Waals surface area contributed by atoms with Crippen LogP contribution in [0.4, 0.5) is 0 Å². The van der Waals surface area contributed by atoms with Gasteiger partial charge in [0, 0.05) is 29.2 Å². The van der Waals surface area contributed by atoms with Crippen molar-refractivity contribution < 1.29 is 29.3 Å². The van der Waals surface area contributed by atoms with Gasteiger partial charge in [-0.2, -0.15) is 0 Å². The summed E-state index contributed by atoms with van der Waals surface area (Å²) < 4.78 is 9.56. The van der Waals surface area contributed by atoms with Crippen LogP contribution in [0.25, 0.3) is 0 Å². The summed E-state index contributed by atoms with van der Waals surface area (Å²) in [5.74, 6) is 0.305. The van der Waals surface area contributed by atoms with E-state index in [4.69, 9.17) is 4.74 Å². The molecule has 0 aliphatic heterocycles. The number of methoxy groups -OCH3 is 2. The Balaban J connectivity index is 2.69. The summed E-state index contributed by atoms with van der Waals surface area (Å²) >= 11 is 1.56. The maximum Gasteiger partial charge on any atom is 0.334 e. The molecule has 0 radical (unpaired) electrons. The molecule has 7 heteroatoms. The van der Waals surface area contributed by atoms with Crippen molar-refractivity contribution in [1.82, 2.24) is 0 Å². The fraction of sp³-hybridized carbons (Fsp3) is 0.750. The van der Waals surface area contributed by atoms with E-state index < -0.39 is 18.2 Å². The molecular weight excluding hydrogens is 416 g/mol. The van der Waals surface area contributed by atoms with Gasteiger partial charge in [0.25, 0.3) is 0 Å². The van der Waals surface area contributed by atoms with Crippen LogP contribution in [0.2, 0.25) is 0 Å². The van der Waals surface area contributed by atoms with Gasteiger partial charge in [-0.3, -0.25) is 4.79 Å². The summed E-state index contributed by atoms with van der Waals surface area (Å²) in [5.41, 5.74) is 0.523. The third kappa shape index (κ3) is 10.2. The maximum absolute atomic E-state index is 12.2. The third-order valence-corrected chi connectivity index (χ3v) is 6.93. The van der Waals surface area contributed by atoms with Gasteiger partial charge in [-0.15, -0.1) is 11.8 Å². The quantitative estimate of drug-likeness (QED) is 0.214. The topological polar surface area (TPSA) is 93.1 Å². The molecule has 4 atom stereocenters. The molecule has 0 bridgehead atoms. The second kappa shape index (κ2) is 15.5. The van der Waals surface area contributed by atoms with Crippen LogP contribution in [0.15, 0.2) is 22.6 Å². The Labute approximate surface area is 191 Å². The second-order valence-corrected chi connectivity index (χ2v) is 9.44. The summed E-state index contributed by atoms with van der Waals surface area (Å²) in [7, 11) is 2.74. The number of aliphatic hydroxyl groups is 2. The number of rotatable bonds is 15. The molecule has 0 saturated carbocycles. The van der Waals surface area contributed by atoms with Crippen molar-refractivity contribution in [2.45, 2.75) is 83.8 Å². The smallest absolute Gasteiger partial charge is 0.334 e. The Morgan fingerprint density at radius 3 is 2.58 bits per heavy atom. The van der Waals surface area contributed by atoms with Gasteiger partial charge in [0.2, 0.25) is 0 Å². The normalized spacial score (nSPS) is 20.8. The number of carbonyl (C=O) groups excluding carboxylic acids is 2. The van der Waals surface area contributed by atoms with Crippen molar-refractivity contribution in [2.24, 2.45) is 11.8 Å². The molecule has 178 valence electrons. The van der Waals surface area contributed by atoms with E-state index in [1.807, 2.05) is 6.08 Å². The lowest BCUT2D eigenvalue weighted by atomic mass is 9.96. The fourth-order valence-corrected chi connectivity index (χ4v) is 5.10. The predicted octanol–water partition coefficient (Wildman–Crippen LogP) is 4.39. The molecule has 2 N–H and O–H groups in total. The van der Waals surface area contributed by atoms with E-state index in [2.05, 4.69) is 18.6 Å². The third-order valence-electron chi connectivity index (χ3n) is 5.61. The van der Waals surface area contributed by atoms with Gasteiger partial charge < -0.3 is 19.7 Å². The Hall–Kier alpha value is -1.31. The van der Waals surface area contributed by atoms with Crippen molar-refractivity contribution in [1.29, 1.82) is 0 Å². The molecule has 0 unspecified atom stereocenters. The van der Waals surface area contributed by atoms with Gasteiger partial charge in [-0.05, 0) is 30.9 Å². The highest BCUT2D eigenvalue weighted by Gasteiger charge is 2.35. The molecule has 6 nitrogen and oxygen atoms in total. The van der Waals surface area contributed by atoms with Crippen LogP contribution in [0, 0.1) is 11.8 Å². The molecule has 0 amide bonds. The number of unbranched alkanes of at least 4 members (excludes halogenated alkanes) is 3. The monoisotopic (exact) mass is 456 g/mol. The van der Waals surface area contributed by atoms with E-state index in [-0.39, 0.29) is 18.3 Å². The summed E-state index contributed by atoms with van der Waals surface area (Å²) in [6.07, 6.45) is 9.65. The first-order valence-electron chi connectivity index (χ1n) is 11.4. The minimum Gasteiger partial charge on any atom is -0.469 e. The average Bonchev–Trinajstić information content (AvgIpc) is 3.07. The first-order valence-corrected chi connectivity index (χ1v) is 12.4. The number of aliphatic hydroxyl groups excluding tert-OH is 2. The number of esters is 2. The first-order chi connectivity index (χ1) is 14.8. The number of hydrogen-bond acceptors (Lipinski definition) is 7. The number of ether oxygens (including phenoxy) is 2. The Bertz CT molecular complexity index is 615. The van der Waals surface area contributed by atoms with Crippen LogP contribution in [0.3, 0.4) is 0 Å². The van der Waals surface area contributed by atoms with Crippen molar-refractivity contribution >= 4 is 23.7 Å². The zero-order chi connectivity index (χ0) is 23.2. The molecule has 0 fully saturated rings. The Kier molecular flexibility index (Phi) is 13.8. The minimum atomic E-state index is -0.697. The van der Waals surface area contributed by atoms with Crippen molar-refractivity contribution in [3.8, 4) is 0 Å². The highest BCUT2D eigenvalue weighted by molar-refractivity contribution is 8.03. The first kappa shape index (κ1) is 27.7. The van der Waals surface area contributed by atoms with Gasteiger partial charge >= 0.3 is 11.9 Å². The van der Waals surface area contributed by atoms with Crippen LogP contribution in [0.5, 0.6) is 0 Å². The van der Waals surface area contributed by atoms with Crippen molar-refractivity contribution in [3.63, 3.8) is 0 Å². The zero-order valence-corrected chi connectivity index (χ0v) is 20.3. The highest BCUT2D eigenvalue weighted by Crippen LogP contribution is 2.41. The zero-order valence-electron chi connectivity index (χ0n) is 19.5. The lowest BCUT2D eigenvalue weighted by Gasteiger charge is -2.17. The standard InChI is InChI=1S/C24H40O6S/c1-5-6-10-17(2)15-18(25)12-13-19-21(26)16-20(24(28)30-4)23(19)31-14-9-7-8-11-22(27)29-3/h12-13,17-19,21,25-26H,5-11,14-16H2,1-4H3/b13-12+/t17-,18-,19+,21-/m1/s1. The van der Waals surface area contributed by atoms with Gasteiger partial charge in [0.15, 0.2) is 0 Å². The molecule has 1 aliphatic carbocycles. The molecule has 1 aliphatic rings. The second-order valence-electron chi connectivity index (χ2n) is 8.30. The Morgan fingerprint density at radius 1 is 1.19 bits per heavy atom. The minimum absolute atomic E-state index is 0.199. The number of hydrogen-bond donors (Lipinski definition) is 2. The van der Waals surface area contributed by atoms with Crippen molar-refractivity contribution in [3.05, 3.63) is 22.6 Å². The van der Waals surface area contributed by atoms with Crippen LogP contribution in [0.1, 0.15) is 71.6 Å².